The standard InChI is InChI=1S/C16H34OSi/c1-12(2)18(13(3)4,14(5)6)11-16(17)15-9-7-8-10-15/h12-17H,7-11H2,1-6H3/t16-/m1/s1. The third kappa shape index (κ3) is 3.19. The molecule has 0 aromatic heterocycles. The Morgan fingerprint density at radius 1 is 0.889 bits per heavy atom. The zero-order valence-electron chi connectivity index (χ0n) is 13.4. The third-order valence-electron chi connectivity index (χ3n) is 5.73. The first-order valence-electron chi connectivity index (χ1n) is 8.00. The van der Waals surface area contributed by atoms with Crippen LogP contribution in [0.1, 0.15) is 67.2 Å². The lowest BCUT2D eigenvalue weighted by Gasteiger charge is -2.45. The molecule has 0 aromatic rings. The summed E-state index contributed by atoms with van der Waals surface area (Å²) in [5, 5.41) is 10.7. The highest BCUT2D eigenvalue weighted by Crippen LogP contribution is 2.46. The Balaban J connectivity index is 2.83. The highest BCUT2D eigenvalue weighted by atomic mass is 28.3. The van der Waals surface area contributed by atoms with Gasteiger partial charge in [-0.25, -0.2) is 0 Å². The van der Waals surface area contributed by atoms with Crippen LogP contribution < -0.4 is 0 Å². The molecule has 1 rings (SSSR count). The molecule has 1 atom stereocenters. The molecule has 0 saturated heterocycles. The van der Waals surface area contributed by atoms with E-state index in [9.17, 15) is 5.11 Å². The predicted octanol–water partition coefficient (Wildman–Crippen LogP) is 5.22. The first-order chi connectivity index (χ1) is 8.32. The molecule has 1 saturated carbocycles. The first kappa shape index (κ1) is 16.2. The number of hydrogen-bond acceptors (Lipinski definition) is 1. The third-order valence-corrected chi connectivity index (χ3v) is 13.3. The van der Waals surface area contributed by atoms with Crippen molar-refractivity contribution in [1.82, 2.24) is 0 Å². The van der Waals surface area contributed by atoms with E-state index >= 15 is 0 Å². The molecule has 0 amide bonds. The smallest absolute Gasteiger partial charge is 0.0638 e. The molecule has 0 heterocycles. The Morgan fingerprint density at radius 3 is 1.61 bits per heavy atom. The van der Waals surface area contributed by atoms with Crippen LogP contribution in [-0.4, -0.2) is 19.3 Å². The topological polar surface area (TPSA) is 20.2 Å². The second-order valence-corrected chi connectivity index (χ2v) is 13.5. The molecule has 1 N–H and O–H groups in total. The molecule has 0 unspecified atom stereocenters. The van der Waals surface area contributed by atoms with E-state index in [0.717, 1.165) is 22.7 Å². The SMILES string of the molecule is CC(C)[Si](C[C@@H](O)C1CCCC1)(C(C)C)C(C)C. The van der Waals surface area contributed by atoms with E-state index in [-0.39, 0.29) is 6.10 Å². The van der Waals surface area contributed by atoms with Crippen LogP contribution in [-0.2, 0) is 0 Å². The minimum atomic E-state index is -1.41. The van der Waals surface area contributed by atoms with E-state index in [1.54, 1.807) is 0 Å². The summed E-state index contributed by atoms with van der Waals surface area (Å²) < 4.78 is 0. The van der Waals surface area contributed by atoms with Gasteiger partial charge in [0.1, 0.15) is 0 Å². The molecule has 0 aromatic carbocycles. The normalized spacial score (nSPS) is 20.3. The summed E-state index contributed by atoms with van der Waals surface area (Å²) >= 11 is 0. The molecule has 0 bridgehead atoms. The van der Waals surface area contributed by atoms with Crippen LogP contribution >= 0.6 is 0 Å². The van der Waals surface area contributed by atoms with E-state index in [4.69, 9.17) is 0 Å². The molecule has 2 heteroatoms. The van der Waals surface area contributed by atoms with E-state index in [0.29, 0.717) is 5.92 Å². The van der Waals surface area contributed by atoms with E-state index in [1.165, 1.54) is 25.7 Å². The monoisotopic (exact) mass is 270 g/mol. The fourth-order valence-electron chi connectivity index (χ4n) is 4.58. The lowest BCUT2D eigenvalue weighted by molar-refractivity contribution is 0.126. The summed E-state index contributed by atoms with van der Waals surface area (Å²) in [5.41, 5.74) is 2.32. The van der Waals surface area contributed by atoms with Crippen LogP contribution in [0.4, 0.5) is 0 Å². The van der Waals surface area contributed by atoms with Gasteiger partial charge in [-0.05, 0) is 24.8 Å². The maximum atomic E-state index is 10.7. The van der Waals surface area contributed by atoms with E-state index in [1.807, 2.05) is 0 Å². The number of aliphatic hydroxyl groups is 1. The van der Waals surface area contributed by atoms with Gasteiger partial charge in [0, 0.05) is 0 Å². The molecular formula is C16H34OSi. The second-order valence-electron chi connectivity index (χ2n) is 7.39. The molecule has 1 fully saturated rings. The van der Waals surface area contributed by atoms with Gasteiger partial charge in [0.15, 0.2) is 0 Å². The molecule has 1 aliphatic carbocycles. The van der Waals surface area contributed by atoms with Crippen molar-refractivity contribution in [2.45, 2.75) is 96.0 Å². The Bertz CT molecular complexity index is 220. The van der Waals surface area contributed by atoms with Gasteiger partial charge in [-0.15, -0.1) is 0 Å². The summed E-state index contributed by atoms with van der Waals surface area (Å²) in [6, 6.07) is 1.13. The molecule has 108 valence electrons. The van der Waals surface area contributed by atoms with Crippen LogP contribution in [0.2, 0.25) is 22.7 Å². The minimum absolute atomic E-state index is 0.0219. The summed E-state index contributed by atoms with van der Waals surface area (Å²) in [7, 11) is -1.41. The fourth-order valence-corrected chi connectivity index (χ4v) is 11.1. The number of aliphatic hydroxyl groups excluding tert-OH is 1. The average Bonchev–Trinajstić information content (AvgIpc) is 2.77. The van der Waals surface area contributed by atoms with Crippen LogP contribution in [0.15, 0.2) is 0 Å². The van der Waals surface area contributed by atoms with Crippen molar-refractivity contribution in [3.05, 3.63) is 0 Å². The zero-order valence-corrected chi connectivity index (χ0v) is 14.4. The summed E-state index contributed by atoms with van der Waals surface area (Å²) in [6.07, 6.45) is 5.18. The maximum absolute atomic E-state index is 10.7. The molecule has 0 aliphatic heterocycles. The summed E-state index contributed by atoms with van der Waals surface area (Å²) in [4.78, 5) is 0. The van der Waals surface area contributed by atoms with Gasteiger partial charge in [0.2, 0.25) is 0 Å². The van der Waals surface area contributed by atoms with Crippen molar-refractivity contribution < 1.29 is 5.11 Å². The first-order valence-corrected chi connectivity index (χ1v) is 10.4. The largest absolute Gasteiger partial charge is 0.393 e. The van der Waals surface area contributed by atoms with Crippen LogP contribution in [0.5, 0.6) is 0 Å². The van der Waals surface area contributed by atoms with Crippen LogP contribution in [0.3, 0.4) is 0 Å². The molecule has 1 aliphatic rings. The summed E-state index contributed by atoms with van der Waals surface area (Å²) in [5.74, 6) is 0.605. The van der Waals surface area contributed by atoms with Crippen molar-refractivity contribution in [1.29, 1.82) is 0 Å². The van der Waals surface area contributed by atoms with E-state index in [2.05, 4.69) is 41.5 Å². The van der Waals surface area contributed by atoms with Crippen LogP contribution in [0.25, 0.3) is 0 Å². The average molecular weight is 271 g/mol. The van der Waals surface area contributed by atoms with Crippen LogP contribution in [0, 0.1) is 5.92 Å². The van der Waals surface area contributed by atoms with Gasteiger partial charge < -0.3 is 5.11 Å². The minimum Gasteiger partial charge on any atom is -0.393 e. The van der Waals surface area contributed by atoms with Crippen molar-refractivity contribution in [3.8, 4) is 0 Å². The molecular weight excluding hydrogens is 236 g/mol. The highest BCUT2D eigenvalue weighted by Gasteiger charge is 2.44. The maximum Gasteiger partial charge on any atom is 0.0638 e. The van der Waals surface area contributed by atoms with Crippen molar-refractivity contribution in [3.63, 3.8) is 0 Å². The lowest BCUT2D eigenvalue weighted by Crippen LogP contribution is -2.47. The quantitative estimate of drug-likeness (QED) is 0.656. The zero-order chi connectivity index (χ0) is 13.9. The van der Waals surface area contributed by atoms with Gasteiger partial charge in [-0.2, -0.15) is 0 Å². The van der Waals surface area contributed by atoms with Gasteiger partial charge in [-0.1, -0.05) is 71.0 Å². The van der Waals surface area contributed by atoms with Crippen molar-refractivity contribution in [2.24, 2.45) is 5.92 Å². The number of rotatable bonds is 6. The molecule has 0 radical (unpaired) electrons. The lowest BCUT2D eigenvalue weighted by atomic mass is 10.0. The van der Waals surface area contributed by atoms with Gasteiger partial charge in [0.25, 0.3) is 0 Å². The molecule has 0 spiro atoms. The Kier molecular flexibility index (Phi) is 5.92. The Morgan fingerprint density at radius 2 is 1.28 bits per heavy atom. The van der Waals surface area contributed by atoms with Gasteiger partial charge in [-0.3, -0.25) is 0 Å². The Labute approximate surface area is 115 Å². The van der Waals surface area contributed by atoms with E-state index < -0.39 is 8.07 Å². The molecule has 1 nitrogen and oxygen atoms in total. The summed E-state index contributed by atoms with van der Waals surface area (Å²) in [6.45, 7) is 14.4. The fraction of sp³-hybridized carbons (Fsp3) is 1.00. The highest BCUT2D eigenvalue weighted by molar-refractivity contribution is 6.83. The van der Waals surface area contributed by atoms with Crippen molar-refractivity contribution in [2.75, 3.05) is 0 Å². The second kappa shape index (κ2) is 6.56. The van der Waals surface area contributed by atoms with Gasteiger partial charge in [0.05, 0.1) is 14.2 Å². The predicted molar refractivity (Wildman–Crippen MR) is 83.8 cm³/mol. The Hall–Kier alpha value is 0.177. The van der Waals surface area contributed by atoms with Crippen molar-refractivity contribution >= 4 is 8.07 Å². The molecule has 18 heavy (non-hydrogen) atoms. The number of hydrogen-bond donors (Lipinski definition) is 1. The van der Waals surface area contributed by atoms with Gasteiger partial charge >= 0.3 is 0 Å².